The van der Waals surface area contributed by atoms with Crippen molar-refractivity contribution in [2.45, 2.75) is 24.9 Å². The molecule has 1 aliphatic heterocycles. The lowest BCUT2D eigenvalue weighted by Crippen LogP contribution is -2.32. The van der Waals surface area contributed by atoms with Gasteiger partial charge in [-0.2, -0.15) is 18.3 Å². The van der Waals surface area contributed by atoms with E-state index in [9.17, 15) is 18.0 Å². The summed E-state index contributed by atoms with van der Waals surface area (Å²) in [7, 11) is 1.68. The van der Waals surface area contributed by atoms with Gasteiger partial charge in [0.15, 0.2) is 5.69 Å². The zero-order valence-electron chi connectivity index (χ0n) is 15.5. The van der Waals surface area contributed by atoms with Gasteiger partial charge < -0.3 is 15.1 Å². The maximum Gasteiger partial charge on any atom is 0.416 e. The standard InChI is InChI=1S/C18H17F3N6O2/c1-17(7-8-22-15(17)28)16-25-24-14(29-16)13-12(9-27(2)26-13)23-11-5-3-10(4-6-11)18(19,20)21/h3-6,9,23H,7-8H2,1-2H3,(H,22,28)/t17-/m0/s1. The fourth-order valence-electron chi connectivity index (χ4n) is 3.12. The molecule has 1 aliphatic rings. The number of benzene rings is 1. The molecule has 1 amide bonds. The van der Waals surface area contributed by atoms with Crippen LogP contribution in [0.25, 0.3) is 11.6 Å². The lowest BCUT2D eigenvalue weighted by atomic mass is 9.89. The summed E-state index contributed by atoms with van der Waals surface area (Å²) in [5.74, 6) is 0.112. The molecule has 29 heavy (non-hydrogen) atoms. The Morgan fingerprint density at radius 2 is 1.97 bits per heavy atom. The van der Waals surface area contributed by atoms with Gasteiger partial charge in [-0.05, 0) is 37.6 Å². The third-order valence-electron chi connectivity index (χ3n) is 4.83. The zero-order valence-corrected chi connectivity index (χ0v) is 15.5. The van der Waals surface area contributed by atoms with E-state index in [-0.39, 0.29) is 17.7 Å². The lowest BCUT2D eigenvalue weighted by Gasteiger charge is -2.14. The summed E-state index contributed by atoms with van der Waals surface area (Å²) in [6, 6.07) is 4.62. The summed E-state index contributed by atoms with van der Waals surface area (Å²) in [4.78, 5) is 12.1. The Morgan fingerprint density at radius 1 is 1.24 bits per heavy atom. The van der Waals surface area contributed by atoms with E-state index in [1.54, 1.807) is 20.2 Å². The Kier molecular flexibility index (Phi) is 4.32. The molecule has 3 heterocycles. The molecule has 8 nitrogen and oxygen atoms in total. The molecule has 0 aliphatic carbocycles. The van der Waals surface area contributed by atoms with Crippen molar-refractivity contribution in [2.24, 2.45) is 7.05 Å². The van der Waals surface area contributed by atoms with Gasteiger partial charge in [-0.25, -0.2) is 0 Å². The van der Waals surface area contributed by atoms with Gasteiger partial charge in [0.1, 0.15) is 5.41 Å². The number of rotatable bonds is 4. The van der Waals surface area contributed by atoms with E-state index in [1.807, 2.05) is 0 Å². The average molecular weight is 406 g/mol. The molecule has 2 aromatic heterocycles. The van der Waals surface area contributed by atoms with Crippen molar-refractivity contribution < 1.29 is 22.4 Å². The molecule has 0 saturated carbocycles. The average Bonchev–Trinajstić information content (AvgIpc) is 3.35. The molecular weight excluding hydrogens is 389 g/mol. The molecule has 1 fully saturated rings. The maximum atomic E-state index is 12.7. The molecule has 0 bridgehead atoms. The van der Waals surface area contributed by atoms with Crippen molar-refractivity contribution in [2.75, 3.05) is 11.9 Å². The Balaban J connectivity index is 1.62. The first kappa shape index (κ1) is 19.0. The topological polar surface area (TPSA) is 97.9 Å². The van der Waals surface area contributed by atoms with Crippen LogP contribution < -0.4 is 10.6 Å². The second-order valence-electron chi connectivity index (χ2n) is 7.02. The molecule has 1 aromatic carbocycles. The highest BCUT2D eigenvalue weighted by Gasteiger charge is 2.44. The monoisotopic (exact) mass is 406 g/mol. The normalized spacial score (nSPS) is 19.4. The molecule has 1 atom stereocenters. The summed E-state index contributed by atoms with van der Waals surface area (Å²) < 4.78 is 45.4. The van der Waals surface area contributed by atoms with Crippen molar-refractivity contribution in [1.82, 2.24) is 25.3 Å². The first-order valence-electron chi connectivity index (χ1n) is 8.77. The van der Waals surface area contributed by atoms with Crippen molar-refractivity contribution in [1.29, 1.82) is 0 Å². The lowest BCUT2D eigenvalue weighted by molar-refractivity contribution is -0.137. The number of hydrogen-bond donors (Lipinski definition) is 2. The van der Waals surface area contributed by atoms with Crippen LogP contribution in [-0.4, -0.2) is 32.4 Å². The summed E-state index contributed by atoms with van der Waals surface area (Å²) in [6.07, 6.45) is -2.23. The van der Waals surface area contributed by atoms with Gasteiger partial charge in [0, 0.05) is 25.5 Å². The number of halogens is 3. The van der Waals surface area contributed by atoms with Crippen LogP contribution in [0.5, 0.6) is 0 Å². The van der Waals surface area contributed by atoms with E-state index in [1.165, 1.54) is 16.8 Å². The van der Waals surface area contributed by atoms with Crippen LogP contribution >= 0.6 is 0 Å². The molecule has 11 heteroatoms. The molecule has 3 aromatic rings. The van der Waals surface area contributed by atoms with Crippen LogP contribution in [0.4, 0.5) is 24.5 Å². The number of carbonyl (C=O) groups excluding carboxylic acids is 1. The Labute approximate surface area is 163 Å². The van der Waals surface area contributed by atoms with E-state index < -0.39 is 17.2 Å². The predicted molar refractivity (Wildman–Crippen MR) is 96.2 cm³/mol. The van der Waals surface area contributed by atoms with Gasteiger partial charge in [-0.15, -0.1) is 10.2 Å². The molecule has 2 N–H and O–H groups in total. The zero-order chi connectivity index (χ0) is 20.8. The fraction of sp³-hybridized carbons (Fsp3) is 0.333. The van der Waals surface area contributed by atoms with Crippen LogP contribution in [0.2, 0.25) is 0 Å². The van der Waals surface area contributed by atoms with Crippen LogP contribution in [0.15, 0.2) is 34.9 Å². The Bertz CT molecular complexity index is 1060. The van der Waals surface area contributed by atoms with Crippen molar-refractivity contribution in [3.63, 3.8) is 0 Å². The van der Waals surface area contributed by atoms with E-state index in [0.29, 0.717) is 30.0 Å². The highest BCUT2D eigenvalue weighted by Crippen LogP contribution is 2.35. The number of anilines is 2. The van der Waals surface area contributed by atoms with E-state index in [0.717, 1.165) is 12.1 Å². The van der Waals surface area contributed by atoms with Crippen LogP contribution in [0, 0.1) is 0 Å². The summed E-state index contributed by atoms with van der Waals surface area (Å²) in [5, 5.41) is 18.1. The summed E-state index contributed by atoms with van der Waals surface area (Å²) in [6.45, 7) is 2.25. The first-order valence-corrected chi connectivity index (χ1v) is 8.77. The van der Waals surface area contributed by atoms with Crippen LogP contribution in [0.1, 0.15) is 24.8 Å². The van der Waals surface area contributed by atoms with Gasteiger partial charge in [0.25, 0.3) is 5.89 Å². The van der Waals surface area contributed by atoms with Crippen molar-refractivity contribution >= 4 is 17.3 Å². The van der Waals surface area contributed by atoms with Gasteiger partial charge in [0.2, 0.25) is 11.8 Å². The quantitative estimate of drug-likeness (QED) is 0.691. The minimum Gasteiger partial charge on any atom is -0.418 e. The summed E-state index contributed by atoms with van der Waals surface area (Å²) >= 11 is 0. The molecule has 4 rings (SSSR count). The highest BCUT2D eigenvalue weighted by atomic mass is 19.4. The number of alkyl halides is 3. The second-order valence-corrected chi connectivity index (χ2v) is 7.02. The largest absolute Gasteiger partial charge is 0.418 e. The molecular formula is C18H17F3N6O2. The number of hydrogen-bond acceptors (Lipinski definition) is 6. The second kappa shape index (κ2) is 6.61. The maximum absolute atomic E-state index is 12.7. The predicted octanol–water partition coefficient (Wildman–Crippen LogP) is 3.01. The fourth-order valence-corrected chi connectivity index (χ4v) is 3.12. The van der Waals surface area contributed by atoms with Gasteiger partial charge in [-0.3, -0.25) is 9.48 Å². The van der Waals surface area contributed by atoms with Crippen LogP contribution in [-0.2, 0) is 23.4 Å². The Morgan fingerprint density at radius 3 is 2.59 bits per heavy atom. The molecule has 0 unspecified atom stereocenters. The minimum absolute atomic E-state index is 0.107. The number of carbonyl (C=O) groups is 1. The summed E-state index contributed by atoms with van der Waals surface area (Å²) in [5.41, 5.74) is -0.397. The number of nitrogens with zero attached hydrogens (tertiary/aromatic N) is 4. The number of amides is 1. The number of nitrogens with one attached hydrogen (secondary N) is 2. The van der Waals surface area contributed by atoms with Gasteiger partial charge in [0.05, 0.1) is 11.3 Å². The van der Waals surface area contributed by atoms with Crippen LogP contribution in [0.3, 0.4) is 0 Å². The third-order valence-corrected chi connectivity index (χ3v) is 4.83. The van der Waals surface area contributed by atoms with Crippen molar-refractivity contribution in [3.8, 4) is 11.6 Å². The molecule has 152 valence electrons. The van der Waals surface area contributed by atoms with Crippen molar-refractivity contribution in [3.05, 3.63) is 41.9 Å². The van der Waals surface area contributed by atoms with E-state index in [4.69, 9.17) is 4.42 Å². The number of aromatic nitrogens is 4. The van der Waals surface area contributed by atoms with E-state index in [2.05, 4.69) is 25.9 Å². The molecule has 1 saturated heterocycles. The first-order chi connectivity index (χ1) is 13.7. The van der Waals surface area contributed by atoms with E-state index >= 15 is 0 Å². The van der Waals surface area contributed by atoms with Gasteiger partial charge in [-0.1, -0.05) is 0 Å². The molecule has 0 spiro atoms. The Hall–Kier alpha value is -3.37. The highest BCUT2D eigenvalue weighted by molar-refractivity contribution is 5.88. The smallest absolute Gasteiger partial charge is 0.416 e. The number of aryl methyl sites for hydroxylation is 1. The molecule has 0 radical (unpaired) electrons. The SMILES string of the molecule is Cn1cc(Nc2ccc(C(F)(F)F)cc2)c(-c2nnc([C@@]3(C)CCNC3=O)o2)n1. The third kappa shape index (κ3) is 3.43. The minimum atomic E-state index is -4.40. The van der Waals surface area contributed by atoms with Gasteiger partial charge >= 0.3 is 6.18 Å².